The van der Waals surface area contributed by atoms with Gasteiger partial charge >= 0.3 is 0 Å². The van der Waals surface area contributed by atoms with E-state index < -0.39 is 0 Å². The molecular weight excluding hydrogens is 350 g/mol. The van der Waals surface area contributed by atoms with Gasteiger partial charge in [-0.3, -0.25) is 4.79 Å². The lowest BCUT2D eigenvalue weighted by Gasteiger charge is -2.40. The molecule has 3 aromatic rings. The number of nitrogens with one attached hydrogen (secondary N) is 1. The molecule has 7 heteroatoms. The zero-order chi connectivity index (χ0) is 18.3. The van der Waals surface area contributed by atoms with Crippen molar-refractivity contribution in [3.8, 4) is 11.4 Å². The number of nitrogens with zero attached hydrogens (tertiary/aromatic N) is 4. The summed E-state index contributed by atoms with van der Waals surface area (Å²) in [6, 6.07) is 10.0. The van der Waals surface area contributed by atoms with E-state index in [1.54, 1.807) is 13.1 Å². The molecule has 1 aliphatic heterocycles. The molecule has 1 aliphatic rings. The molecule has 6 nitrogen and oxygen atoms in total. The summed E-state index contributed by atoms with van der Waals surface area (Å²) < 4.78 is 0. The molecule has 0 saturated carbocycles. The lowest BCUT2D eigenvalue weighted by molar-refractivity contribution is -0.129. The molecule has 1 atom stereocenters. The van der Waals surface area contributed by atoms with E-state index in [4.69, 9.17) is 11.6 Å². The number of hydrogen-bond donors (Lipinski definition) is 1. The van der Waals surface area contributed by atoms with Crippen LogP contribution >= 0.6 is 11.6 Å². The normalized spacial score (nSPS) is 17.7. The van der Waals surface area contributed by atoms with Crippen molar-refractivity contribution in [1.82, 2.24) is 19.9 Å². The second-order valence-electron chi connectivity index (χ2n) is 6.63. The maximum absolute atomic E-state index is 11.6. The summed E-state index contributed by atoms with van der Waals surface area (Å²) in [7, 11) is 0. The van der Waals surface area contributed by atoms with Gasteiger partial charge in [-0.05, 0) is 25.1 Å². The van der Waals surface area contributed by atoms with Crippen LogP contribution in [0.4, 0.5) is 5.82 Å². The topological polar surface area (TPSA) is 65.1 Å². The Morgan fingerprint density at radius 2 is 2.12 bits per heavy atom. The van der Waals surface area contributed by atoms with Crippen LogP contribution in [-0.4, -0.2) is 51.4 Å². The van der Waals surface area contributed by atoms with Crippen molar-refractivity contribution in [2.45, 2.75) is 19.9 Å². The van der Waals surface area contributed by atoms with E-state index >= 15 is 0 Å². The van der Waals surface area contributed by atoms with Gasteiger partial charge in [-0.25, -0.2) is 9.97 Å². The average molecular weight is 370 g/mol. The van der Waals surface area contributed by atoms with E-state index in [-0.39, 0.29) is 11.9 Å². The fourth-order valence-corrected chi connectivity index (χ4v) is 3.62. The van der Waals surface area contributed by atoms with Crippen molar-refractivity contribution in [2.75, 3.05) is 24.5 Å². The summed E-state index contributed by atoms with van der Waals surface area (Å²) in [6.07, 6.45) is 1.67. The first-order chi connectivity index (χ1) is 12.5. The Bertz CT molecular complexity index is 936. The summed E-state index contributed by atoms with van der Waals surface area (Å²) in [6.45, 7) is 5.85. The third-order valence-electron chi connectivity index (χ3n) is 4.85. The van der Waals surface area contributed by atoms with Crippen molar-refractivity contribution in [2.24, 2.45) is 0 Å². The number of hydrogen-bond acceptors (Lipinski definition) is 4. The van der Waals surface area contributed by atoms with E-state index in [9.17, 15) is 4.79 Å². The number of carbonyl (C=O) groups is 1. The molecule has 1 amide bonds. The van der Waals surface area contributed by atoms with Gasteiger partial charge in [0.05, 0.1) is 16.1 Å². The third kappa shape index (κ3) is 3.01. The number of para-hydroxylation sites is 2. The Balaban J connectivity index is 1.67. The molecule has 0 spiro atoms. The lowest BCUT2D eigenvalue weighted by Crippen LogP contribution is -2.53. The summed E-state index contributed by atoms with van der Waals surface area (Å²) in [5, 5.41) is 0.558. The first-order valence-electron chi connectivity index (χ1n) is 8.66. The number of piperazine rings is 1. The Morgan fingerprint density at radius 3 is 2.85 bits per heavy atom. The van der Waals surface area contributed by atoms with Crippen LogP contribution in [0.3, 0.4) is 0 Å². The van der Waals surface area contributed by atoms with Crippen LogP contribution in [0.2, 0.25) is 5.02 Å². The number of fused-ring (bicyclic) bond motifs is 1. The van der Waals surface area contributed by atoms with E-state index in [1.165, 1.54) is 0 Å². The monoisotopic (exact) mass is 369 g/mol. The minimum Gasteiger partial charge on any atom is -0.350 e. The fraction of sp³-hybridized carbons (Fsp3) is 0.316. The molecule has 1 aromatic carbocycles. The average Bonchev–Trinajstić information content (AvgIpc) is 3.06. The Hall–Kier alpha value is -2.60. The smallest absolute Gasteiger partial charge is 0.219 e. The first-order valence-corrected chi connectivity index (χ1v) is 9.03. The van der Waals surface area contributed by atoms with Crippen LogP contribution in [-0.2, 0) is 4.79 Å². The highest BCUT2D eigenvalue weighted by molar-refractivity contribution is 6.33. The van der Waals surface area contributed by atoms with Gasteiger partial charge in [0.1, 0.15) is 11.6 Å². The maximum atomic E-state index is 11.6. The molecule has 26 heavy (non-hydrogen) atoms. The second-order valence-corrected chi connectivity index (χ2v) is 7.04. The van der Waals surface area contributed by atoms with Crippen molar-refractivity contribution in [1.29, 1.82) is 0 Å². The van der Waals surface area contributed by atoms with Crippen molar-refractivity contribution in [3.63, 3.8) is 0 Å². The molecular formula is C19H20ClN5O. The van der Waals surface area contributed by atoms with Gasteiger partial charge in [0.2, 0.25) is 5.91 Å². The molecule has 1 unspecified atom stereocenters. The van der Waals surface area contributed by atoms with Crippen molar-refractivity contribution >= 4 is 34.4 Å². The number of aromatic amines is 1. The number of carbonyl (C=O) groups excluding carboxylic acids is 1. The number of anilines is 1. The van der Waals surface area contributed by atoms with Gasteiger partial charge < -0.3 is 14.8 Å². The molecule has 0 aliphatic carbocycles. The lowest BCUT2D eigenvalue weighted by atomic mass is 10.1. The number of rotatable bonds is 2. The molecule has 134 valence electrons. The third-order valence-corrected chi connectivity index (χ3v) is 5.15. The molecule has 4 rings (SSSR count). The number of benzene rings is 1. The summed E-state index contributed by atoms with van der Waals surface area (Å²) in [5.74, 6) is 1.69. The van der Waals surface area contributed by atoms with Crippen LogP contribution in [0.15, 0.2) is 36.5 Å². The summed E-state index contributed by atoms with van der Waals surface area (Å²) in [4.78, 5) is 28.2. The molecule has 0 bridgehead atoms. The fourth-order valence-electron chi connectivity index (χ4n) is 3.43. The van der Waals surface area contributed by atoms with Gasteiger partial charge in [0.15, 0.2) is 0 Å². The molecule has 1 saturated heterocycles. The number of pyridine rings is 1. The molecule has 1 fully saturated rings. The predicted molar refractivity (Wildman–Crippen MR) is 103 cm³/mol. The number of H-pyrrole nitrogens is 1. The van der Waals surface area contributed by atoms with Gasteiger partial charge in [0.25, 0.3) is 0 Å². The van der Waals surface area contributed by atoms with Crippen LogP contribution in [0.1, 0.15) is 13.8 Å². The zero-order valence-corrected chi connectivity index (χ0v) is 15.5. The quantitative estimate of drug-likeness (QED) is 0.752. The summed E-state index contributed by atoms with van der Waals surface area (Å²) >= 11 is 6.40. The van der Waals surface area contributed by atoms with Crippen LogP contribution < -0.4 is 4.90 Å². The SMILES string of the molecule is CC(=O)N1CCN(c2cc(-c3nc4ccccc4[nH]3)c(Cl)cn2)C(C)C1. The van der Waals surface area contributed by atoms with Crippen LogP contribution in [0.5, 0.6) is 0 Å². The van der Waals surface area contributed by atoms with Gasteiger partial charge in [0, 0.05) is 44.4 Å². The van der Waals surface area contributed by atoms with Crippen molar-refractivity contribution in [3.05, 3.63) is 41.6 Å². The van der Waals surface area contributed by atoms with Gasteiger partial charge in [-0.2, -0.15) is 0 Å². The second kappa shape index (κ2) is 6.61. The standard InChI is InChI=1S/C19H20ClN5O/c1-12-11-24(13(2)26)7-8-25(12)18-9-14(15(20)10-21-18)19-22-16-5-3-4-6-17(16)23-19/h3-6,9-10,12H,7-8,11H2,1-2H3,(H,22,23). The largest absolute Gasteiger partial charge is 0.350 e. The number of aromatic nitrogens is 3. The Kier molecular flexibility index (Phi) is 4.28. The highest BCUT2D eigenvalue weighted by atomic mass is 35.5. The molecule has 1 N–H and O–H groups in total. The number of imidazole rings is 1. The van der Waals surface area contributed by atoms with Crippen LogP contribution in [0.25, 0.3) is 22.4 Å². The minimum absolute atomic E-state index is 0.114. The van der Waals surface area contributed by atoms with E-state index in [0.717, 1.165) is 34.8 Å². The molecule has 0 radical (unpaired) electrons. The van der Waals surface area contributed by atoms with Gasteiger partial charge in [-0.1, -0.05) is 23.7 Å². The van der Waals surface area contributed by atoms with Crippen LogP contribution in [0, 0.1) is 0 Å². The highest BCUT2D eigenvalue weighted by Gasteiger charge is 2.26. The molecule has 3 heterocycles. The van der Waals surface area contributed by atoms with E-state index in [2.05, 4.69) is 26.8 Å². The Morgan fingerprint density at radius 1 is 1.31 bits per heavy atom. The van der Waals surface area contributed by atoms with Gasteiger partial charge in [-0.15, -0.1) is 0 Å². The number of amides is 1. The first kappa shape index (κ1) is 16.8. The predicted octanol–water partition coefficient (Wildman–Crippen LogP) is 3.34. The summed E-state index contributed by atoms with van der Waals surface area (Å²) in [5.41, 5.74) is 2.70. The highest BCUT2D eigenvalue weighted by Crippen LogP contribution is 2.31. The van der Waals surface area contributed by atoms with E-state index in [0.29, 0.717) is 18.1 Å². The maximum Gasteiger partial charge on any atom is 0.219 e. The van der Waals surface area contributed by atoms with E-state index in [1.807, 2.05) is 35.2 Å². The zero-order valence-electron chi connectivity index (χ0n) is 14.7. The number of halogens is 1. The molecule has 2 aromatic heterocycles. The van der Waals surface area contributed by atoms with Crippen molar-refractivity contribution < 1.29 is 4.79 Å². The Labute approximate surface area is 156 Å². The minimum atomic E-state index is 0.114.